The highest BCUT2D eigenvalue weighted by Gasteiger charge is 2.40. The van der Waals surface area contributed by atoms with Crippen LogP contribution in [0.25, 0.3) is 0 Å². The third kappa shape index (κ3) is 2.93. The molecule has 0 aliphatic rings. The monoisotopic (exact) mass is 340 g/mol. The number of aromatic nitrogens is 2. The number of alkyl halides is 2. The van der Waals surface area contributed by atoms with Gasteiger partial charge in [-0.3, -0.25) is 4.68 Å². The number of aryl methyl sites for hydroxylation is 1. The first-order valence-electron chi connectivity index (χ1n) is 5.67. The third-order valence-electron chi connectivity index (χ3n) is 3.37. The normalized spacial score (nSPS) is 13.2. The van der Waals surface area contributed by atoms with Gasteiger partial charge < -0.3 is 4.43 Å². The summed E-state index contributed by atoms with van der Waals surface area (Å²) in [5, 5.41) is 4.03. The molecule has 0 spiro atoms. The van der Waals surface area contributed by atoms with Crippen LogP contribution in [0.15, 0.2) is 4.47 Å². The zero-order valence-corrected chi connectivity index (χ0v) is 14.1. The number of rotatable bonds is 3. The van der Waals surface area contributed by atoms with Crippen LogP contribution in [0.1, 0.15) is 32.9 Å². The number of hydrogen-bond acceptors (Lipinski definition) is 2. The first kappa shape index (κ1) is 15.6. The SMILES string of the molecule is Cn1nc(O[Si](C)(C)C(C)(C)C)c(Br)c1C(F)F. The zero-order valence-electron chi connectivity index (χ0n) is 11.5. The molecule has 0 aliphatic carbocycles. The Morgan fingerprint density at radius 1 is 1.33 bits per heavy atom. The van der Waals surface area contributed by atoms with Gasteiger partial charge >= 0.3 is 0 Å². The van der Waals surface area contributed by atoms with Crippen molar-refractivity contribution < 1.29 is 13.2 Å². The molecule has 0 N–H and O–H groups in total. The maximum Gasteiger partial charge on any atom is 0.281 e. The van der Waals surface area contributed by atoms with E-state index in [0.29, 0.717) is 0 Å². The van der Waals surface area contributed by atoms with Crippen molar-refractivity contribution >= 4 is 24.2 Å². The van der Waals surface area contributed by atoms with Gasteiger partial charge in [0.2, 0.25) is 5.88 Å². The van der Waals surface area contributed by atoms with Crippen molar-refractivity contribution in [1.29, 1.82) is 0 Å². The second-order valence-corrected chi connectivity index (χ2v) is 11.3. The van der Waals surface area contributed by atoms with Crippen LogP contribution in [0, 0.1) is 0 Å². The molecule has 0 fully saturated rings. The van der Waals surface area contributed by atoms with Crippen molar-refractivity contribution in [2.45, 2.75) is 45.3 Å². The first-order chi connectivity index (χ1) is 7.97. The van der Waals surface area contributed by atoms with E-state index in [0.717, 1.165) is 4.68 Å². The molecule has 1 rings (SSSR count). The van der Waals surface area contributed by atoms with E-state index in [1.54, 1.807) is 0 Å². The minimum Gasteiger partial charge on any atom is -0.529 e. The average molecular weight is 341 g/mol. The molecule has 1 aromatic rings. The summed E-state index contributed by atoms with van der Waals surface area (Å²) in [4.78, 5) is 0. The van der Waals surface area contributed by atoms with Gasteiger partial charge in [0.15, 0.2) is 0 Å². The van der Waals surface area contributed by atoms with E-state index in [1.165, 1.54) is 7.05 Å². The van der Waals surface area contributed by atoms with E-state index >= 15 is 0 Å². The maximum absolute atomic E-state index is 12.8. The van der Waals surface area contributed by atoms with Crippen LogP contribution in [0.2, 0.25) is 18.1 Å². The van der Waals surface area contributed by atoms with Crippen LogP contribution >= 0.6 is 15.9 Å². The summed E-state index contributed by atoms with van der Waals surface area (Å²) >= 11 is 3.16. The summed E-state index contributed by atoms with van der Waals surface area (Å²) in [6, 6.07) is 0. The Kier molecular flexibility index (Phi) is 4.27. The smallest absolute Gasteiger partial charge is 0.281 e. The molecule has 0 saturated carbocycles. The molecule has 0 saturated heterocycles. The van der Waals surface area contributed by atoms with Crippen LogP contribution in [-0.4, -0.2) is 18.1 Å². The zero-order chi connectivity index (χ0) is 14.3. The van der Waals surface area contributed by atoms with Crippen molar-refractivity contribution in [2.24, 2.45) is 7.05 Å². The van der Waals surface area contributed by atoms with Gasteiger partial charge in [0.1, 0.15) is 10.2 Å². The molecule has 104 valence electrons. The summed E-state index contributed by atoms with van der Waals surface area (Å²) in [6.45, 7) is 10.4. The number of nitrogens with zero attached hydrogens (tertiary/aromatic N) is 2. The van der Waals surface area contributed by atoms with Gasteiger partial charge in [0, 0.05) is 7.05 Å². The molecule has 0 amide bonds. The first-order valence-corrected chi connectivity index (χ1v) is 9.37. The molecule has 18 heavy (non-hydrogen) atoms. The fourth-order valence-electron chi connectivity index (χ4n) is 1.18. The van der Waals surface area contributed by atoms with E-state index in [-0.39, 0.29) is 21.1 Å². The fourth-order valence-corrected chi connectivity index (χ4v) is 2.85. The standard InChI is InChI=1S/C11H19BrF2N2OSi/c1-11(2,3)18(5,6)17-10-7(12)8(9(13)14)16(4)15-10/h9H,1-6H3. The second kappa shape index (κ2) is 4.92. The van der Waals surface area contributed by atoms with Crippen LogP contribution in [0.4, 0.5) is 8.78 Å². The molecule has 0 radical (unpaired) electrons. The molecule has 3 nitrogen and oxygen atoms in total. The van der Waals surface area contributed by atoms with Crippen molar-refractivity contribution in [3.05, 3.63) is 10.2 Å². The lowest BCUT2D eigenvalue weighted by molar-refractivity contribution is 0.140. The third-order valence-corrected chi connectivity index (χ3v) is 8.43. The highest BCUT2D eigenvalue weighted by atomic mass is 79.9. The van der Waals surface area contributed by atoms with Gasteiger partial charge in [0.05, 0.1) is 0 Å². The second-order valence-electron chi connectivity index (χ2n) is 5.79. The van der Waals surface area contributed by atoms with Gasteiger partial charge in [0.25, 0.3) is 14.7 Å². The molecular weight excluding hydrogens is 322 g/mol. The van der Waals surface area contributed by atoms with Crippen molar-refractivity contribution in [3.8, 4) is 5.88 Å². The Labute approximate surface area is 116 Å². The predicted octanol–water partition coefficient (Wildman–Crippen LogP) is 4.50. The molecule has 0 atom stereocenters. The maximum atomic E-state index is 12.8. The van der Waals surface area contributed by atoms with E-state index < -0.39 is 14.7 Å². The summed E-state index contributed by atoms with van der Waals surface area (Å²) in [5.41, 5.74) is -0.149. The van der Waals surface area contributed by atoms with Crippen molar-refractivity contribution in [3.63, 3.8) is 0 Å². The minimum atomic E-state index is -2.58. The Morgan fingerprint density at radius 3 is 2.17 bits per heavy atom. The summed E-state index contributed by atoms with van der Waals surface area (Å²) in [6.07, 6.45) is -2.58. The molecule has 1 heterocycles. The van der Waals surface area contributed by atoms with Gasteiger partial charge in [-0.1, -0.05) is 20.8 Å². The molecule has 0 aromatic carbocycles. The summed E-state index contributed by atoms with van der Waals surface area (Å²) in [7, 11) is -0.581. The lowest BCUT2D eigenvalue weighted by Gasteiger charge is -2.35. The largest absolute Gasteiger partial charge is 0.529 e. The van der Waals surface area contributed by atoms with E-state index in [4.69, 9.17) is 4.43 Å². The van der Waals surface area contributed by atoms with Crippen LogP contribution in [-0.2, 0) is 7.05 Å². The Morgan fingerprint density at radius 2 is 1.83 bits per heavy atom. The Balaban J connectivity index is 3.11. The topological polar surface area (TPSA) is 27.1 Å². The fraction of sp³-hybridized carbons (Fsp3) is 0.727. The molecule has 0 aliphatic heterocycles. The Hall–Kier alpha value is -0.433. The minimum absolute atomic E-state index is 0.00500. The summed E-state index contributed by atoms with van der Waals surface area (Å²) in [5.74, 6) is 0.263. The molecule has 1 aromatic heterocycles. The highest BCUT2D eigenvalue weighted by molar-refractivity contribution is 9.10. The van der Waals surface area contributed by atoms with E-state index in [1.807, 2.05) is 0 Å². The van der Waals surface area contributed by atoms with Gasteiger partial charge in [-0.15, -0.1) is 5.10 Å². The molecule has 7 heteroatoms. The lowest BCUT2D eigenvalue weighted by Crippen LogP contribution is -2.44. The molecular formula is C11H19BrF2N2OSi. The van der Waals surface area contributed by atoms with E-state index in [9.17, 15) is 8.78 Å². The number of halogens is 3. The Bertz CT molecular complexity index is 441. The number of hydrogen-bond donors (Lipinski definition) is 0. The van der Waals surface area contributed by atoms with Crippen LogP contribution in [0.5, 0.6) is 5.88 Å². The van der Waals surface area contributed by atoms with Crippen molar-refractivity contribution in [2.75, 3.05) is 0 Å². The summed E-state index contributed by atoms with van der Waals surface area (Å²) < 4.78 is 33.0. The average Bonchev–Trinajstić information content (AvgIpc) is 2.38. The van der Waals surface area contributed by atoms with Crippen molar-refractivity contribution in [1.82, 2.24) is 9.78 Å². The molecule has 0 unspecified atom stereocenters. The highest BCUT2D eigenvalue weighted by Crippen LogP contribution is 2.40. The quantitative estimate of drug-likeness (QED) is 0.757. The lowest BCUT2D eigenvalue weighted by atomic mass is 10.2. The van der Waals surface area contributed by atoms with E-state index in [2.05, 4.69) is 54.9 Å². The van der Waals surface area contributed by atoms with Crippen LogP contribution in [0.3, 0.4) is 0 Å². The van der Waals surface area contributed by atoms with Gasteiger partial charge in [-0.2, -0.15) is 0 Å². The van der Waals surface area contributed by atoms with Gasteiger partial charge in [-0.25, -0.2) is 8.78 Å². The van der Waals surface area contributed by atoms with Crippen LogP contribution < -0.4 is 4.43 Å². The predicted molar refractivity (Wildman–Crippen MR) is 73.7 cm³/mol. The molecule has 0 bridgehead atoms. The van der Waals surface area contributed by atoms with Gasteiger partial charge in [-0.05, 0) is 34.1 Å².